The Kier molecular flexibility index (Phi) is 6.86. The molecule has 2 aromatic carbocycles. The second-order valence-corrected chi connectivity index (χ2v) is 8.54. The molecule has 0 radical (unpaired) electrons. The lowest BCUT2D eigenvalue weighted by atomic mass is 10.0. The van der Waals surface area contributed by atoms with Crippen molar-refractivity contribution < 1.29 is 13.2 Å². The van der Waals surface area contributed by atoms with Gasteiger partial charge in [0.15, 0.2) is 0 Å². The summed E-state index contributed by atoms with van der Waals surface area (Å²) in [5.41, 5.74) is 2.50. The number of thioether (sulfide) groups is 1. The number of aryl methyl sites for hydroxylation is 1. The van der Waals surface area contributed by atoms with E-state index in [9.17, 15) is 13.2 Å². The summed E-state index contributed by atoms with van der Waals surface area (Å²) in [5, 5.41) is 2.69. The maximum Gasteiger partial charge on any atom is 0.241 e. The van der Waals surface area contributed by atoms with Crippen molar-refractivity contribution in [3.05, 3.63) is 53.6 Å². The summed E-state index contributed by atoms with van der Waals surface area (Å²) in [6.45, 7) is 5.31. The minimum atomic E-state index is -3.73. The molecule has 0 bridgehead atoms. The van der Waals surface area contributed by atoms with Crippen LogP contribution in [0.3, 0.4) is 0 Å². The second-order valence-electron chi connectivity index (χ2n) is 5.98. The average molecular weight is 393 g/mol. The Hall–Kier alpha value is -1.83. The van der Waals surface area contributed by atoms with Crippen molar-refractivity contribution in [2.75, 3.05) is 11.6 Å². The van der Waals surface area contributed by atoms with Crippen LogP contribution in [0.2, 0.25) is 0 Å². The highest BCUT2D eigenvalue weighted by molar-refractivity contribution is 7.98. The van der Waals surface area contributed by atoms with E-state index in [2.05, 4.69) is 10.0 Å². The standard InChI is InChI=1S/C19H24N2O3S2/c1-5-17(16-9-7-6-8-13(16)2)21-26(23,24)15-10-11-19(25-4)18(12-15)20-14(3)22/h6-12,17,21H,5H2,1-4H3,(H,20,22)/t17-/m1/s1. The number of anilines is 1. The van der Waals surface area contributed by atoms with Crippen LogP contribution in [0.4, 0.5) is 5.69 Å². The fourth-order valence-electron chi connectivity index (χ4n) is 2.74. The maximum atomic E-state index is 12.9. The van der Waals surface area contributed by atoms with Gasteiger partial charge in [0.25, 0.3) is 0 Å². The van der Waals surface area contributed by atoms with Gasteiger partial charge in [-0.05, 0) is 48.9 Å². The predicted octanol–water partition coefficient (Wildman–Crippen LogP) is 4.10. The Morgan fingerprint density at radius 1 is 1.19 bits per heavy atom. The summed E-state index contributed by atoms with van der Waals surface area (Å²) < 4.78 is 28.6. The monoisotopic (exact) mass is 392 g/mol. The van der Waals surface area contributed by atoms with E-state index in [-0.39, 0.29) is 16.8 Å². The topological polar surface area (TPSA) is 75.3 Å². The molecule has 7 heteroatoms. The number of carbonyl (C=O) groups excluding carboxylic acids is 1. The third kappa shape index (κ3) is 4.87. The van der Waals surface area contributed by atoms with Gasteiger partial charge in [0.05, 0.1) is 10.6 Å². The third-order valence-electron chi connectivity index (χ3n) is 4.06. The highest BCUT2D eigenvalue weighted by Gasteiger charge is 2.22. The number of carbonyl (C=O) groups is 1. The van der Waals surface area contributed by atoms with Crippen LogP contribution in [0.25, 0.3) is 0 Å². The van der Waals surface area contributed by atoms with E-state index in [1.165, 1.54) is 24.8 Å². The Morgan fingerprint density at radius 2 is 1.88 bits per heavy atom. The number of hydrogen-bond acceptors (Lipinski definition) is 4. The highest BCUT2D eigenvalue weighted by atomic mass is 32.2. The van der Waals surface area contributed by atoms with Crippen molar-refractivity contribution in [3.8, 4) is 0 Å². The van der Waals surface area contributed by atoms with Crippen molar-refractivity contribution in [2.45, 2.75) is 43.0 Å². The fraction of sp³-hybridized carbons (Fsp3) is 0.316. The summed E-state index contributed by atoms with van der Waals surface area (Å²) in [5.74, 6) is -0.242. The smallest absolute Gasteiger partial charge is 0.241 e. The van der Waals surface area contributed by atoms with Crippen LogP contribution < -0.4 is 10.0 Å². The van der Waals surface area contributed by atoms with Gasteiger partial charge in [-0.3, -0.25) is 4.79 Å². The van der Waals surface area contributed by atoms with Crippen LogP contribution in [-0.4, -0.2) is 20.6 Å². The Bertz CT molecular complexity index is 895. The molecule has 2 rings (SSSR count). The normalized spacial score (nSPS) is 12.6. The van der Waals surface area contributed by atoms with E-state index in [4.69, 9.17) is 0 Å². The zero-order chi connectivity index (χ0) is 19.3. The average Bonchev–Trinajstić information content (AvgIpc) is 2.59. The molecule has 0 saturated heterocycles. The molecule has 0 heterocycles. The molecule has 0 aliphatic rings. The number of benzene rings is 2. The van der Waals surface area contributed by atoms with Gasteiger partial charge in [-0.1, -0.05) is 31.2 Å². The van der Waals surface area contributed by atoms with E-state index in [0.717, 1.165) is 16.0 Å². The van der Waals surface area contributed by atoms with Crippen LogP contribution in [0, 0.1) is 6.92 Å². The van der Waals surface area contributed by atoms with Gasteiger partial charge in [0.2, 0.25) is 15.9 Å². The number of hydrogen-bond donors (Lipinski definition) is 2. The lowest BCUT2D eigenvalue weighted by molar-refractivity contribution is -0.114. The SMILES string of the molecule is CC[C@@H](NS(=O)(=O)c1ccc(SC)c(NC(C)=O)c1)c1ccccc1C. The minimum absolute atomic E-state index is 0.131. The molecule has 26 heavy (non-hydrogen) atoms. The highest BCUT2D eigenvalue weighted by Crippen LogP contribution is 2.29. The summed E-state index contributed by atoms with van der Waals surface area (Å²) in [6, 6.07) is 12.2. The van der Waals surface area contributed by atoms with Crippen molar-refractivity contribution in [3.63, 3.8) is 0 Å². The van der Waals surface area contributed by atoms with Crippen molar-refractivity contribution >= 4 is 33.4 Å². The first-order chi connectivity index (χ1) is 12.3. The summed E-state index contributed by atoms with van der Waals surface area (Å²) in [4.78, 5) is 12.3. The molecule has 0 aliphatic heterocycles. The van der Waals surface area contributed by atoms with Crippen LogP contribution >= 0.6 is 11.8 Å². The van der Waals surface area contributed by atoms with Gasteiger partial charge in [-0.25, -0.2) is 13.1 Å². The molecule has 0 spiro atoms. The van der Waals surface area contributed by atoms with E-state index in [1.807, 2.05) is 44.4 Å². The van der Waals surface area contributed by atoms with Gasteiger partial charge in [-0.15, -0.1) is 11.8 Å². The van der Waals surface area contributed by atoms with Gasteiger partial charge in [0.1, 0.15) is 0 Å². The zero-order valence-electron chi connectivity index (χ0n) is 15.4. The molecular weight excluding hydrogens is 368 g/mol. The van der Waals surface area contributed by atoms with Crippen molar-refractivity contribution in [1.82, 2.24) is 4.72 Å². The molecule has 2 aromatic rings. The Labute approximate surface area is 159 Å². The molecule has 5 nitrogen and oxygen atoms in total. The van der Waals surface area contributed by atoms with Crippen molar-refractivity contribution in [1.29, 1.82) is 0 Å². The minimum Gasteiger partial charge on any atom is -0.325 e. The van der Waals surface area contributed by atoms with Gasteiger partial charge < -0.3 is 5.32 Å². The molecular formula is C19H24N2O3S2. The van der Waals surface area contributed by atoms with Crippen LogP contribution in [0.5, 0.6) is 0 Å². The number of nitrogens with one attached hydrogen (secondary N) is 2. The van der Waals surface area contributed by atoms with E-state index >= 15 is 0 Å². The number of sulfonamides is 1. The first-order valence-corrected chi connectivity index (χ1v) is 11.0. The molecule has 0 saturated carbocycles. The summed E-state index contributed by atoms with van der Waals surface area (Å²) >= 11 is 1.44. The number of amides is 1. The molecule has 0 aliphatic carbocycles. The first-order valence-electron chi connectivity index (χ1n) is 8.32. The second kappa shape index (κ2) is 8.70. The Balaban J connectivity index is 2.37. The van der Waals surface area contributed by atoms with Gasteiger partial charge in [0, 0.05) is 17.9 Å². The third-order valence-corrected chi connectivity index (χ3v) is 6.33. The zero-order valence-corrected chi connectivity index (χ0v) is 17.0. The molecule has 0 aromatic heterocycles. The van der Waals surface area contributed by atoms with E-state index in [1.54, 1.807) is 12.1 Å². The van der Waals surface area contributed by atoms with E-state index < -0.39 is 10.0 Å². The summed E-state index contributed by atoms with van der Waals surface area (Å²) in [7, 11) is -3.73. The number of rotatable bonds is 7. The molecule has 1 atom stereocenters. The molecule has 140 valence electrons. The van der Waals surface area contributed by atoms with Crippen molar-refractivity contribution in [2.24, 2.45) is 0 Å². The molecule has 0 unspecified atom stereocenters. The molecule has 0 fully saturated rings. The first kappa shape index (κ1) is 20.5. The largest absolute Gasteiger partial charge is 0.325 e. The van der Waals surface area contributed by atoms with Crippen LogP contribution in [0.1, 0.15) is 37.4 Å². The maximum absolute atomic E-state index is 12.9. The van der Waals surface area contributed by atoms with Gasteiger partial charge in [-0.2, -0.15) is 0 Å². The lowest BCUT2D eigenvalue weighted by Crippen LogP contribution is -2.29. The Morgan fingerprint density at radius 3 is 2.46 bits per heavy atom. The fourth-order valence-corrected chi connectivity index (χ4v) is 4.60. The van der Waals surface area contributed by atoms with Crippen LogP contribution in [-0.2, 0) is 14.8 Å². The predicted molar refractivity (Wildman–Crippen MR) is 107 cm³/mol. The van der Waals surface area contributed by atoms with Crippen LogP contribution in [0.15, 0.2) is 52.3 Å². The molecule has 1 amide bonds. The lowest BCUT2D eigenvalue weighted by Gasteiger charge is -2.20. The van der Waals surface area contributed by atoms with E-state index in [0.29, 0.717) is 12.1 Å². The summed E-state index contributed by atoms with van der Waals surface area (Å²) in [6.07, 6.45) is 2.50. The molecule has 2 N–H and O–H groups in total. The van der Waals surface area contributed by atoms with Gasteiger partial charge >= 0.3 is 0 Å². The quantitative estimate of drug-likeness (QED) is 0.696.